The van der Waals surface area contributed by atoms with E-state index < -0.39 is 23.0 Å². The Labute approximate surface area is 160 Å². The smallest absolute Gasteiger partial charge is 0.337 e. The topological polar surface area (TPSA) is 102 Å². The Morgan fingerprint density at radius 1 is 1.19 bits per heavy atom. The summed E-state index contributed by atoms with van der Waals surface area (Å²) in [6.07, 6.45) is 2.19. The summed E-state index contributed by atoms with van der Waals surface area (Å²) in [7, 11) is 2.86. The van der Waals surface area contributed by atoms with Crippen LogP contribution in [0.5, 0.6) is 0 Å². The number of methoxy groups -OCH3 is 2. The molecule has 1 aromatic rings. The van der Waals surface area contributed by atoms with Crippen LogP contribution in [-0.2, 0) is 19.1 Å². The van der Waals surface area contributed by atoms with Crippen LogP contribution in [0.2, 0.25) is 0 Å². The maximum atomic E-state index is 12.4. The molecular weight excluding hydrogens is 372 g/mol. The summed E-state index contributed by atoms with van der Waals surface area (Å²) in [5, 5.41) is 2.14. The van der Waals surface area contributed by atoms with Gasteiger partial charge in [-0.05, 0) is 42.0 Å². The van der Waals surface area contributed by atoms with Crippen molar-refractivity contribution < 1.29 is 28.7 Å². The lowest BCUT2D eigenvalue weighted by Crippen LogP contribution is -2.39. The second-order valence-corrected chi connectivity index (χ2v) is 6.57. The van der Waals surface area contributed by atoms with Crippen LogP contribution in [-0.4, -0.2) is 61.8 Å². The molecule has 1 saturated heterocycles. The van der Waals surface area contributed by atoms with Crippen molar-refractivity contribution in [2.75, 3.05) is 33.9 Å². The van der Waals surface area contributed by atoms with Gasteiger partial charge in [0.25, 0.3) is 11.1 Å². The minimum absolute atomic E-state index is 0.220. The summed E-state index contributed by atoms with van der Waals surface area (Å²) in [6, 6.07) is 6.41. The molecular formula is C18H20N2O6S. The fourth-order valence-electron chi connectivity index (χ4n) is 2.26. The Bertz CT molecular complexity index is 760. The summed E-state index contributed by atoms with van der Waals surface area (Å²) in [4.78, 5) is 48.9. The minimum atomic E-state index is -0.519. The molecule has 0 spiro atoms. The van der Waals surface area contributed by atoms with Crippen molar-refractivity contribution in [1.29, 1.82) is 0 Å². The molecule has 8 nitrogen and oxygen atoms in total. The zero-order valence-electron chi connectivity index (χ0n) is 15.0. The highest BCUT2D eigenvalue weighted by Gasteiger charge is 2.36. The molecule has 1 aliphatic heterocycles. The SMILES string of the molecule is COCCCNC(=O)CN1C(=O)S/C(=C\c2ccc(C(=O)OC)cc2)C1=O. The first-order chi connectivity index (χ1) is 13.0. The number of esters is 1. The summed E-state index contributed by atoms with van der Waals surface area (Å²) in [5.41, 5.74) is 1.03. The van der Waals surface area contributed by atoms with Crippen LogP contribution in [0.1, 0.15) is 22.3 Å². The Hall–Kier alpha value is -2.65. The summed E-state index contributed by atoms with van der Waals surface area (Å²) >= 11 is 0.773. The first-order valence-corrected chi connectivity index (χ1v) is 8.97. The summed E-state index contributed by atoms with van der Waals surface area (Å²) < 4.78 is 9.51. The van der Waals surface area contributed by atoms with Crippen molar-refractivity contribution in [3.05, 3.63) is 40.3 Å². The van der Waals surface area contributed by atoms with Crippen LogP contribution in [0, 0.1) is 0 Å². The lowest BCUT2D eigenvalue weighted by molar-refractivity contribution is -0.129. The van der Waals surface area contributed by atoms with E-state index in [9.17, 15) is 19.2 Å². The largest absolute Gasteiger partial charge is 0.465 e. The van der Waals surface area contributed by atoms with Gasteiger partial charge in [-0.2, -0.15) is 0 Å². The summed E-state index contributed by atoms with van der Waals surface area (Å²) in [6.45, 7) is 0.598. The first kappa shape index (κ1) is 20.7. The number of amides is 3. The molecule has 144 valence electrons. The third-order valence-electron chi connectivity index (χ3n) is 3.65. The minimum Gasteiger partial charge on any atom is -0.465 e. The van der Waals surface area contributed by atoms with Gasteiger partial charge in [-0.3, -0.25) is 19.3 Å². The Balaban J connectivity index is 1.99. The van der Waals surface area contributed by atoms with Gasteiger partial charge >= 0.3 is 5.97 Å². The maximum absolute atomic E-state index is 12.4. The van der Waals surface area contributed by atoms with Crippen molar-refractivity contribution in [2.45, 2.75) is 6.42 Å². The molecule has 0 bridgehead atoms. The number of carbonyl (C=O) groups excluding carboxylic acids is 4. The number of benzene rings is 1. The number of nitrogens with one attached hydrogen (secondary N) is 1. The van der Waals surface area contributed by atoms with Crippen molar-refractivity contribution in [3.8, 4) is 0 Å². The molecule has 3 amide bonds. The normalized spacial score (nSPS) is 15.3. The average Bonchev–Trinajstić information content (AvgIpc) is 2.92. The monoisotopic (exact) mass is 392 g/mol. The standard InChI is InChI=1S/C18H20N2O6S/c1-25-9-3-8-19-15(21)11-20-16(22)14(27-18(20)24)10-12-4-6-13(7-5-12)17(23)26-2/h4-7,10H,3,8-9,11H2,1-2H3,(H,19,21)/b14-10-. The van der Waals surface area contributed by atoms with E-state index in [2.05, 4.69) is 10.1 Å². The molecule has 0 unspecified atom stereocenters. The van der Waals surface area contributed by atoms with Crippen molar-refractivity contribution in [2.24, 2.45) is 0 Å². The second kappa shape index (κ2) is 9.89. The molecule has 0 aromatic heterocycles. The Morgan fingerprint density at radius 3 is 2.52 bits per heavy atom. The van der Waals surface area contributed by atoms with Crippen LogP contribution < -0.4 is 5.32 Å². The number of thioether (sulfide) groups is 1. The number of hydrogen-bond donors (Lipinski definition) is 1. The zero-order chi connectivity index (χ0) is 19.8. The third kappa shape index (κ3) is 5.66. The molecule has 2 rings (SSSR count). The van der Waals surface area contributed by atoms with E-state index in [0.29, 0.717) is 30.7 Å². The van der Waals surface area contributed by atoms with Gasteiger partial charge < -0.3 is 14.8 Å². The van der Waals surface area contributed by atoms with Gasteiger partial charge in [0.1, 0.15) is 6.54 Å². The van der Waals surface area contributed by atoms with Crippen molar-refractivity contribution in [3.63, 3.8) is 0 Å². The third-order valence-corrected chi connectivity index (χ3v) is 4.56. The van der Waals surface area contributed by atoms with Gasteiger partial charge in [0, 0.05) is 20.3 Å². The highest BCUT2D eigenvalue weighted by molar-refractivity contribution is 8.18. The summed E-state index contributed by atoms with van der Waals surface area (Å²) in [5.74, 6) is -1.38. The Kier molecular flexibility index (Phi) is 7.56. The van der Waals surface area contributed by atoms with Crippen LogP contribution in [0.4, 0.5) is 4.79 Å². The highest BCUT2D eigenvalue weighted by Crippen LogP contribution is 2.32. The van der Waals surface area contributed by atoms with Crippen LogP contribution >= 0.6 is 11.8 Å². The van der Waals surface area contributed by atoms with Gasteiger partial charge in [-0.1, -0.05) is 12.1 Å². The molecule has 0 aliphatic carbocycles. The van der Waals surface area contributed by atoms with E-state index in [1.165, 1.54) is 7.11 Å². The average molecular weight is 392 g/mol. The number of rotatable bonds is 8. The van der Waals surface area contributed by atoms with Crippen LogP contribution in [0.15, 0.2) is 29.2 Å². The molecule has 1 N–H and O–H groups in total. The first-order valence-electron chi connectivity index (χ1n) is 8.15. The molecule has 27 heavy (non-hydrogen) atoms. The predicted molar refractivity (Wildman–Crippen MR) is 100.0 cm³/mol. The molecule has 1 fully saturated rings. The number of carbonyl (C=O) groups is 4. The van der Waals surface area contributed by atoms with E-state index in [0.717, 1.165) is 16.7 Å². The predicted octanol–water partition coefficient (Wildman–Crippen LogP) is 1.66. The van der Waals surface area contributed by atoms with Gasteiger partial charge in [0.15, 0.2) is 0 Å². The zero-order valence-corrected chi connectivity index (χ0v) is 15.8. The van der Waals surface area contributed by atoms with Crippen molar-refractivity contribution >= 4 is 40.9 Å². The van der Waals surface area contributed by atoms with E-state index in [1.807, 2.05) is 0 Å². The molecule has 0 radical (unpaired) electrons. The maximum Gasteiger partial charge on any atom is 0.337 e. The quantitative estimate of drug-likeness (QED) is 0.408. The van der Waals surface area contributed by atoms with E-state index >= 15 is 0 Å². The number of ether oxygens (including phenoxy) is 2. The second-order valence-electron chi connectivity index (χ2n) is 5.58. The highest BCUT2D eigenvalue weighted by atomic mass is 32.2. The van der Waals surface area contributed by atoms with Gasteiger partial charge in [-0.25, -0.2) is 4.79 Å². The Morgan fingerprint density at radius 2 is 1.89 bits per heavy atom. The fourth-order valence-corrected chi connectivity index (χ4v) is 3.10. The van der Waals surface area contributed by atoms with E-state index in [4.69, 9.17) is 4.74 Å². The fraction of sp³-hybridized carbons (Fsp3) is 0.333. The van der Waals surface area contributed by atoms with Crippen LogP contribution in [0.25, 0.3) is 6.08 Å². The number of hydrogen-bond acceptors (Lipinski definition) is 7. The lowest BCUT2D eigenvalue weighted by Gasteiger charge is -2.12. The number of imide groups is 1. The molecule has 1 aliphatic rings. The van der Waals surface area contributed by atoms with Gasteiger partial charge in [-0.15, -0.1) is 0 Å². The molecule has 1 heterocycles. The molecule has 0 atom stereocenters. The van der Waals surface area contributed by atoms with E-state index in [-0.39, 0.29) is 11.4 Å². The van der Waals surface area contributed by atoms with Crippen LogP contribution in [0.3, 0.4) is 0 Å². The molecule has 1 aromatic carbocycles. The molecule has 9 heteroatoms. The number of nitrogens with zero attached hydrogens (tertiary/aromatic N) is 1. The van der Waals surface area contributed by atoms with E-state index in [1.54, 1.807) is 37.5 Å². The van der Waals surface area contributed by atoms with Gasteiger partial charge in [0.2, 0.25) is 5.91 Å². The van der Waals surface area contributed by atoms with Gasteiger partial charge in [0.05, 0.1) is 17.6 Å². The van der Waals surface area contributed by atoms with Crippen molar-refractivity contribution in [1.82, 2.24) is 10.2 Å². The lowest BCUT2D eigenvalue weighted by atomic mass is 10.1. The molecule has 0 saturated carbocycles.